The number of nitrogens with zero attached hydrogens (tertiary/aromatic N) is 2. The molecule has 0 radical (unpaired) electrons. The Balaban J connectivity index is 2.02. The summed E-state index contributed by atoms with van der Waals surface area (Å²) in [5.74, 6) is 0. The Labute approximate surface area is 85.3 Å². The number of hydrogen-bond donors (Lipinski definition) is 0. The molecule has 1 aliphatic carbocycles. The highest BCUT2D eigenvalue weighted by atomic mass is 79.9. The lowest BCUT2D eigenvalue weighted by Gasteiger charge is -2.24. The van der Waals surface area contributed by atoms with Gasteiger partial charge in [0.25, 0.3) is 0 Å². The SMILES string of the molecule is FC1CCC(n2cc(Br)cn2)CC1. The van der Waals surface area contributed by atoms with Gasteiger partial charge in [0, 0.05) is 6.20 Å². The van der Waals surface area contributed by atoms with Crippen molar-refractivity contribution in [1.29, 1.82) is 0 Å². The van der Waals surface area contributed by atoms with E-state index >= 15 is 0 Å². The highest BCUT2D eigenvalue weighted by Gasteiger charge is 2.21. The van der Waals surface area contributed by atoms with E-state index < -0.39 is 6.17 Å². The summed E-state index contributed by atoms with van der Waals surface area (Å²) in [7, 11) is 0. The lowest BCUT2D eigenvalue weighted by Crippen LogP contribution is -2.18. The number of halogens is 2. The van der Waals surface area contributed by atoms with Crippen LogP contribution in [0.2, 0.25) is 0 Å². The van der Waals surface area contributed by atoms with E-state index in [2.05, 4.69) is 21.0 Å². The zero-order chi connectivity index (χ0) is 9.26. The van der Waals surface area contributed by atoms with Gasteiger partial charge in [-0.2, -0.15) is 5.10 Å². The molecule has 2 rings (SSSR count). The van der Waals surface area contributed by atoms with Gasteiger partial charge in [0.05, 0.1) is 16.7 Å². The van der Waals surface area contributed by atoms with Gasteiger partial charge >= 0.3 is 0 Å². The van der Waals surface area contributed by atoms with Crippen LogP contribution < -0.4 is 0 Å². The van der Waals surface area contributed by atoms with Crippen molar-refractivity contribution in [2.24, 2.45) is 0 Å². The van der Waals surface area contributed by atoms with Crippen LogP contribution in [0.5, 0.6) is 0 Å². The second-order valence-corrected chi connectivity index (χ2v) is 4.46. The first-order valence-electron chi connectivity index (χ1n) is 4.59. The van der Waals surface area contributed by atoms with Gasteiger partial charge in [-0.15, -0.1) is 0 Å². The summed E-state index contributed by atoms with van der Waals surface area (Å²) in [6, 6.07) is 0.401. The molecule has 4 heteroatoms. The highest BCUT2D eigenvalue weighted by molar-refractivity contribution is 9.10. The molecule has 1 saturated carbocycles. The Hall–Kier alpha value is -0.380. The average Bonchev–Trinajstić information content (AvgIpc) is 2.53. The molecule has 1 aromatic rings. The summed E-state index contributed by atoms with van der Waals surface area (Å²) < 4.78 is 15.8. The Morgan fingerprint density at radius 2 is 2.08 bits per heavy atom. The van der Waals surface area contributed by atoms with E-state index in [0.717, 1.165) is 17.3 Å². The van der Waals surface area contributed by atoms with Crippen LogP contribution in [0, 0.1) is 0 Å². The third-order valence-electron chi connectivity index (χ3n) is 2.57. The van der Waals surface area contributed by atoms with Gasteiger partial charge in [0.1, 0.15) is 6.17 Å². The van der Waals surface area contributed by atoms with Crippen molar-refractivity contribution in [3.05, 3.63) is 16.9 Å². The van der Waals surface area contributed by atoms with Crippen molar-refractivity contribution < 1.29 is 4.39 Å². The normalized spacial score (nSPS) is 29.1. The third kappa shape index (κ3) is 2.10. The molecule has 0 saturated heterocycles. The largest absolute Gasteiger partial charge is 0.269 e. The van der Waals surface area contributed by atoms with Crippen LogP contribution in [0.4, 0.5) is 4.39 Å². The molecule has 0 unspecified atom stereocenters. The van der Waals surface area contributed by atoms with Gasteiger partial charge in [-0.3, -0.25) is 4.68 Å². The summed E-state index contributed by atoms with van der Waals surface area (Å²) in [5, 5.41) is 4.21. The molecule has 1 aromatic heterocycles. The Kier molecular flexibility index (Phi) is 2.67. The number of hydrogen-bond acceptors (Lipinski definition) is 1. The molecular formula is C9H12BrFN2. The molecule has 0 aliphatic heterocycles. The third-order valence-corrected chi connectivity index (χ3v) is 2.98. The molecule has 0 aromatic carbocycles. The van der Waals surface area contributed by atoms with E-state index in [1.807, 2.05) is 10.9 Å². The number of rotatable bonds is 1. The van der Waals surface area contributed by atoms with Crippen molar-refractivity contribution in [2.45, 2.75) is 37.9 Å². The molecule has 0 N–H and O–H groups in total. The van der Waals surface area contributed by atoms with Gasteiger partial charge in [0.2, 0.25) is 0 Å². The monoisotopic (exact) mass is 246 g/mol. The molecule has 0 amide bonds. The lowest BCUT2D eigenvalue weighted by atomic mass is 9.94. The van der Waals surface area contributed by atoms with Crippen LogP contribution in [-0.2, 0) is 0 Å². The van der Waals surface area contributed by atoms with E-state index in [-0.39, 0.29) is 0 Å². The maximum absolute atomic E-state index is 12.8. The van der Waals surface area contributed by atoms with Crippen molar-refractivity contribution in [2.75, 3.05) is 0 Å². The zero-order valence-electron chi connectivity index (χ0n) is 7.29. The predicted octanol–water partition coefficient (Wildman–Crippen LogP) is 3.10. The number of aromatic nitrogens is 2. The molecule has 2 nitrogen and oxygen atoms in total. The van der Waals surface area contributed by atoms with Crippen LogP contribution >= 0.6 is 15.9 Å². The van der Waals surface area contributed by atoms with E-state index in [1.54, 1.807) is 6.20 Å². The first kappa shape index (κ1) is 9.19. The molecule has 0 bridgehead atoms. The van der Waals surface area contributed by atoms with Gasteiger partial charge in [-0.05, 0) is 41.6 Å². The molecule has 13 heavy (non-hydrogen) atoms. The molecular weight excluding hydrogens is 235 g/mol. The van der Waals surface area contributed by atoms with E-state index in [9.17, 15) is 4.39 Å². The van der Waals surface area contributed by atoms with Crippen molar-refractivity contribution >= 4 is 15.9 Å². The second kappa shape index (κ2) is 3.78. The van der Waals surface area contributed by atoms with Crippen molar-refractivity contribution in [3.8, 4) is 0 Å². The summed E-state index contributed by atoms with van der Waals surface area (Å²) >= 11 is 3.35. The van der Waals surface area contributed by atoms with Gasteiger partial charge in [-0.25, -0.2) is 4.39 Å². The highest BCUT2D eigenvalue weighted by Crippen LogP contribution is 2.29. The van der Waals surface area contributed by atoms with E-state index in [1.165, 1.54) is 0 Å². The summed E-state index contributed by atoms with van der Waals surface area (Å²) in [4.78, 5) is 0. The molecule has 0 atom stereocenters. The maximum atomic E-state index is 12.8. The summed E-state index contributed by atoms with van der Waals surface area (Å²) in [6.45, 7) is 0. The topological polar surface area (TPSA) is 17.8 Å². The molecule has 72 valence electrons. The Morgan fingerprint density at radius 1 is 1.38 bits per heavy atom. The van der Waals surface area contributed by atoms with E-state index in [0.29, 0.717) is 18.9 Å². The smallest absolute Gasteiger partial charge is 0.100 e. The van der Waals surface area contributed by atoms with Crippen molar-refractivity contribution in [3.63, 3.8) is 0 Å². The molecule has 1 aliphatic rings. The van der Waals surface area contributed by atoms with E-state index in [4.69, 9.17) is 0 Å². The lowest BCUT2D eigenvalue weighted by molar-refractivity contribution is 0.202. The van der Waals surface area contributed by atoms with Crippen molar-refractivity contribution in [1.82, 2.24) is 9.78 Å². The van der Waals surface area contributed by atoms with Crippen LogP contribution in [-0.4, -0.2) is 16.0 Å². The fraction of sp³-hybridized carbons (Fsp3) is 0.667. The predicted molar refractivity (Wildman–Crippen MR) is 52.3 cm³/mol. The minimum absolute atomic E-state index is 0.401. The fourth-order valence-corrected chi connectivity index (χ4v) is 2.12. The molecule has 0 spiro atoms. The number of alkyl halides is 1. The summed E-state index contributed by atoms with van der Waals surface area (Å²) in [5.41, 5.74) is 0. The Bertz CT molecular complexity index is 279. The first-order valence-corrected chi connectivity index (χ1v) is 5.39. The van der Waals surface area contributed by atoms with Gasteiger partial charge in [0.15, 0.2) is 0 Å². The molecule has 1 fully saturated rings. The molecule has 1 heterocycles. The average molecular weight is 247 g/mol. The zero-order valence-corrected chi connectivity index (χ0v) is 8.87. The summed E-state index contributed by atoms with van der Waals surface area (Å²) in [6.07, 6.45) is 6.34. The Morgan fingerprint density at radius 3 is 2.62 bits per heavy atom. The van der Waals surface area contributed by atoms with Crippen LogP contribution in [0.15, 0.2) is 16.9 Å². The standard InChI is InChI=1S/C9H12BrFN2/c10-7-5-12-13(6-7)9-3-1-8(11)2-4-9/h5-6,8-9H,1-4H2. The second-order valence-electron chi connectivity index (χ2n) is 3.54. The quantitative estimate of drug-likeness (QED) is 0.745. The van der Waals surface area contributed by atoms with Gasteiger partial charge in [-0.1, -0.05) is 0 Å². The van der Waals surface area contributed by atoms with Crippen LogP contribution in [0.25, 0.3) is 0 Å². The minimum Gasteiger partial charge on any atom is -0.269 e. The first-order chi connectivity index (χ1) is 6.25. The van der Waals surface area contributed by atoms with Crippen LogP contribution in [0.1, 0.15) is 31.7 Å². The fourth-order valence-electron chi connectivity index (χ4n) is 1.81. The maximum Gasteiger partial charge on any atom is 0.100 e. The van der Waals surface area contributed by atoms with Gasteiger partial charge < -0.3 is 0 Å². The minimum atomic E-state index is -0.588. The van der Waals surface area contributed by atoms with Crippen LogP contribution in [0.3, 0.4) is 0 Å².